The van der Waals surface area contributed by atoms with E-state index in [1.165, 1.54) is 11.1 Å². The number of carbonyl (C=O) groups is 2. The van der Waals surface area contributed by atoms with Crippen molar-refractivity contribution in [2.24, 2.45) is 0 Å². The molecule has 0 bridgehead atoms. The number of hydrogen-bond donors (Lipinski definition) is 0. The zero-order valence-corrected chi connectivity index (χ0v) is 10.0. The number of benzene rings is 1. The van der Waals surface area contributed by atoms with Gasteiger partial charge >= 0.3 is 0 Å². The molecule has 90 valence electrons. The largest absolute Gasteiger partial charge is 0.301 e. The predicted octanol–water partition coefficient (Wildman–Crippen LogP) is 1.20. The van der Waals surface area contributed by atoms with E-state index in [4.69, 9.17) is 0 Å². The van der Waals surface area contributed by atoms with Crippen LogP contribution in [0.3, 0.4) is 0 Å². The summed E-state index contributed by atoms with van der Waals surface area (Å²) in [6, 6.07) is 9.53. The van der Waals surface area contributed by atoms with E-state index in [1.807, 2.05) is 30.3 Å². The molecule has 0 aromatic heterocycles. The molecule has 0 saturated carbocycles. The standard InChI is InChI=1S/C13H16N2O2/c1-14(2)15(10-11-16)13(17)9-8-12-6-4-3-5-7-12/h3-9,11H,10H2,1-2H3/b9-8+. The van der Waals surface area contributed by atoms with Gasteiger partial charge in [0, 0.05) is 20.2 Å². The van der Waals surface area contributed by atoms with Gasteiger partial charge in [-0.05, 0) is 11.6 Å². The van der Waals surface area contributed by atoms with Gasteiger partial charge in [-0.3, -0.25) is 9.80 Å². The molecule has 0 N–H and O–H groups in total. The summed E-state index contributed by atoms with van der Waals surface area (Å²) in [5.41, 5.74) is 0.950. The highest BCUT2D eigenvalue weighted by atomic mass is 16.2. The SMILES string of the molecule is CN(C)N(CC=O)C(=O)/C=C/c1ccccc1. The van der Waals surface area contributed by atoms with Crippen molar-refractivity contribution in [2.45, 2.75) is 0 Å². The highest BCUT2D eigenvalue weighted by molar-refractivity contribution is 5.92. The second kappa shape index (κ2) is 6.60. The van der Waals surface area contributed by atoms with Crippen molar-refractivity contribution in [2.75, 3.05) is 20.6 Å². The van der Waals surface area contributed by atoms with Crippen LogP contribution in [0.5, 0.6) is 0 Å². The number of amides is 1. The Bertz CT molecular complexity index is 399. The molecule has 0 atom stereocenters. The Morgan fingerprint density at radius 2 is 1.88 bits per heavy atom. The molecule has 0 fully saturated rings. The van der Waals surface area contributed by atoms with Crippen LogP contribution in [0.1, 0.15) is 5.56 Å². The number of hydrogen-bond acceptors (Lipinski definition) is 3. The van der Waals surface area contributed by atoms with E-state index >= 15 is 0 Å². The van der Waals surface area contributed by atoms with E-state index in [-0.39, 0.29) is 12.5 Å². The summed E-state index contributed by atoms with van der Waals surface area (Å²) in [7, 11) is 3.44. The van der Waals surface area contributed by atoms with Crippen LogP contribution < -0.4 is 0 Å². The van der Waals surface area contributed by atoms with Gasteiger partial charge < -0.3 is 4.79 Å². The van der Waals surface area contributed by atoms with Crippen LogP contribution in [0, 0.1) is 0 Å². The van der Waals surface area contributed by atoms with Crippen LogP contribution in [-0.2, 0) is 9.59 Å². The molecule has 1 aromatic rings. The predicted molar refractivity (Wildman–Crippen MR) is 66.9 cm³/mol. The Morgan fingerprint density at radius 1 is 1.24 bits per heavy atom. The molecule has 0 saturated heterocycles. The molecule has 0 spiro atoms. The van der Waals surface area contributed by atoms with Gasteiger partial charge in [0.25, 0.3) is 5.91 Å². The van der Waals surface area contributed by atoms with E-state index in [0.717, 1.165) is 5.56 Å². The van der Waals surface area contributed by atoms with Crippen molar-refractivity contribution >= 4 is 18.3 Å². The van der Waals surface area contributed by atoms with E-state index in [2.05, 4.69) is 0 Å². The van der Waals surface area contributed by atoms with Crippen LogP contribution in [0.25, 0.3) is 6.08 Å². The molecule has 4 nitrogen and oxygen atoms in total. The van der Waals surface area contributed by atoms with Gasteiger partial charge in [0.05, 0.1) is 6.54 Å². The van der Waals surface area contributed by atoms with E-state index in [9.17, 15) is 9.59 Å². The first-order valence-corrected chi connectivity index (χ1v) is 5.30. The van der Waals surface area contributed by atoms with E-state index in [1.54, 1.807) is 25.2 Å². The van der Waals surface area contributed by atoms with Crippen molar-refractivity contribution in [1.29, 1.82) is 0 Å². The maximum absolute atomic E-state index is 11.8. The first kappa shape index (κ1) is 13.1. The minimum Gasteiger partial charge on any atom is -0.301 e. The Morgan fingerprint density at radius 3 is 2.41 bits per heavy atom. The van der Waals surface area contributed by atoms with Crippen molar-refractivity contribution in [1.82, 2.24) is 10.0 Å². The third-order valence-corrected chi connectivity index (χ3v) is 2.20. The van der Waals surface area contributed by atoms with Gasteiger partial charge in [0.15, 0.2) is 0 Å². The molecule has 0 aliphatic heterocycles. The molecule has 17 heavy (non-hydrogen) atoms. The second-order valence-corrected chi connectivity index (χ2v) is 3.68. The van der Waals surface area contributed by atoms with Crippen molar-refractivity contribution in [3.8, 4) is 0 Å². The normalized spacial score (nSPS) is 10.8. The summed E-state index contributed by atoms with van der Waals surface area (Å²) < 4.78 is 0. The third-order valence-electron chi connectivity index (χ3n) is 2.20. The van der Waals surface area contributed by atoms with Gasteiger partial charge in [-0.15, -0.1) is 0 Å². The number of nitrogens with zero attached hydrogens (tertiary/aromatic N) is 2. The van der Waals surface area contributed by atoms with E-state index in [0.29, 0.717) is 6.29 Å². The highest BCUT2D eigenvalue weighted by Crippen LogP contribution is 2.02. The molecule has 1 aromatic carbocycles. The zero-order valence-electron chi connectivity index (χ0n) is 10.0. The fourth-order valence-electron chi connectivity index (χ4n) is 1.34. The quantitative estimate of drug-likeness (QED) is 0.435. The average Bonchev–Trinajstić information content (AvgIpc) is 2.34. The molecular weight excluding hydrogens is 216 g/mol. The van der Waals surface area contributed by atoms with Crippen LogP contribution in [0.15, 0.2) is 36.4 Å². The molecule has 0 aliphatic carbocycles. The maximum Gasteiger partial charge on any atom is 0.261 e. The maximum atomic E-state index is 11.8. The third kappa shape index (κ3) is 4.20. The Hall–Kier alpha value is -1.94. The van der Waals surface area contributed by atoms with Crippen LogP contribution >= 0.6 is 0 Å². The summed E-state index contributed by atoms with van der Waals surface area (Å²) in [6.45, 7) is 0.0605. The Balaban J connectivity index is 2.70. The molecule has 0 aliphatic rings. The molecule has 0 unspecified atom stereocenters. The van der Waals surface area contributed by atoms with Crippen LogP contribution in [-0.4, -0.2) is 42.9 Å². The fourth-order valence-corrected chi connectivity index (χ4v) is 1.34. The Labute approximate surface area is 101 Å². The molecule has 1 amide bonds. The van der Waals surface area contributed by atoms with Gasteiger partial charge in [-0.25, -0.2) is 5.01 Å². The number of aldehydes is 1. The Kier molecular flexibility index (Phi) is 5.10. The first-order chi connectivity index (χ1) is 8.15. The average molecular weight is 232 g/mol. The smallest absolute Gasteiger partial charge is 0.261 e. The molecule has 0 radical (unpaired) electrons. The summed E-state index contributed by atoms with van der Waals surface area (Å²) >= 11 is 0. The van der Waals surface area contributed by atoms with Crippen LogP contribution in [0.2, 0.25) is 0 Å². The molecule has 0 heterocycles. The minimum absolute atomic E-state index is 0.0605. The lowest BCUT2D eigenvalue weighted by Crippen LogP contribution is -2.42. The minimum atomic E-state index is -0.217. The fraction of sp³-hybridized carbons (Fsp3) is 0.231. The second-order valence-electron chi connectivity index (χ2n) is 3.68. The summed E-state index contributed by atoms with van der Waals surface area (Å²) in [6.07, 6.45) is 3.89. The monoisotopic (exact) mass is 232 g/mol. The van der Waals surface area contributed by atoms with E-state index < -0.39 is 0 Å². The number of rotatable bonds is 5. The van der Waals surface area contributed by atoms with Gasteiger partial charge in [0.2, 0.25) is 0 Å². The van der Waals surface area contributed by atoms with Crippen molar-refractivity contribution in [3.05, 3.63) is 42.0 Å². The zero-order chi connectivity index (χ0) is 12.7. The van der Waals surface area contributed by atoms with Crippen molar-refractivity contribution < 1.29 is 9.59 Å². The molecule has 4 heteroatoms. The van der Waals surface area contributed by atoms with Gasteiger partial charge in [0.1, 0.15) is 6.29 Å². The van der Waals surface area contributed by atoms with Crippen LogP contribution in [0.4, 0.5) is 0 Å². The number of carbonyl (C=O) groups excluding carboxylic acids is 2. The first-order valence-electron chi connectivity index (χ1n) is 5.30. The lowest BCUT2D eigenvalue weighted by molar-refractivity contribution is -0.141. The molecular formula is C13H16N2O2. The topological polar surface area (TPSA) is 40.6 Å². The van der Waals surface area contributed by atoms with Gasteiger partial charge in [-0.1, -0.05) is 30.3 Å². The molecule has 1 rings (SSSR count). The lowest BCUT2D eigenvalue weighted by atomic mass is 10.2. The van der Waals surface area contributed by atoms with Gasteiger partial charge in [-0.2, -0.15) is 0 Å². The lowest BCUT2D eigenvalue weighted by Gasteiger charge is -2.25. The summed E-state index contributed by atoms with van der Waals surface area (Å²) in [5, 5.41) is 2.94. The number of hydrazine groups is 1. The van der Waals surface area contributed by atoms with Crippen molar-refractivity contribution in [3.63, 3.8) is 0 Å². The summed E-state index contributed by atoms with van der Waals surface area (Å²) in [5.74, 6) is -0.217. The summed E-state index contributed by atoms with van der Waals surface area (Å²) in [4.78, 5) is 22.2. The highest BCUT2D eigenvalue weighted by Gasteiger charge is 2.11.